The van der Waals surface area contributed by atoms with E-state index in [-0.39, 0.29) is 17.2 Å². The Morgan fingerprint density at radius 2 is 1.91 bits per heavy atom. The number of carbonyl (C=O) groups is 1. The Morgan fingerprint density at radius 1 is 1.09 bits per heavy atom. The first-order valence-corrected chi connectivity index (χ1v) is 11.0. The maximum atomic E-state index is 13.4. The lowest BCUT2D eigenvalue weighted by Gasteiger charge is -2.15. The van der Waals surface area contributed by atoms with Crippen molar-refractivity contribution in [2.75, 3.05) is 11.1 Å². The van der Waals surface area contributed by atoms with Crippen LogP contribution in [-0.4, -0.2) is 21.2 Å². The molecule has 158 valence electrons. The number of amides is 1. The maximum absolute atomic E-state index is 13.4. The molecule has 32 heavy (non-hydrogen) atoms. The molecule has 4 aromatic rings. The van der Waals surface area contributed by atoms with Gasteiger partial charge >= 0.3 is 0 Å². The third-order valence-electron chi connectivity index (χ3n) is 4.95. The van der Waals surface area contributed by atoms with E-state index < -0.39 is 0 Å². The molecule has 1 amide bonds. The lowest BCUT2D eigenvalue weighted by Crippen LogP contribution is -2.23. The van der Waals surface area contributed by atoms with Gasteiger partial charge in [-0.15, -0.1) is 0 Å². The van der Waals surface area contributed by atoms with Crippen LogP contribution in [-0.2, 0) is 4.79 Å². The summed E-state index contributed by atoms with van der Waals surface area (Å²) in [5.41, 5.74) is 4.21. The molecular weight excluding hydrogens is 420 g/mol. The smallest absolute Gasteiger partial charge is 0.266 e. The van der Waals surface area contributed by atoms with Gasteiger partial charge in [-0.2, -0.15) is 5.26 Å². The molecule has 4 rings (SSSR count). The fourth-order valence-corrected chi connectivity index (χ4v) is 4.28. The minimum absolute atomic E-state index is 0.0620. The molecule has 0 aliphatic rings. The van der Waals surface area contributed by atoms with E-state index in [0.29, 0.717) is 27.3 Å². The van der Waals surface area contributed by atoms with Gasteiger partial charge < -0.3 is 5.32 Å². The summed E-state index contributed by atoms with van der Waals surface area (Å²) in [5, 5.41) is 12.8. The first-order valence-electron chi connectivity index (χ1n) is 9.98. The molecule has 3 aromatic carbocycles. The molecule has 1 N–H and O–H groups in total. The van der Waals surface area contributed by atoms with E-state index in [2.05, 4.69) is 16.4 Å². The molecule has 0 atom stereocenters. The van der Waals surface area contributed by atoms with E-state index >= 15 is 0 Å². The second-order valence-corrected chi connectivity index (χ2v) is 8.31. The van der Waals surface area contributed by atoms with Crippen LogP contribution in [0.1, 0.15) is 16.7 Å². The summed E-state index contributed by atoms with van der Waals surface area (Å²) in [5.74, 6) is -0.188. The van der Waals surface area contributed by atoms with Crippen molar-refractivity contribution in [3.05, 3.63) is 93.8 Å². The molecule has 0 saturated heterocycles. The summed E-state index contributed by atoms with van der Waals surface area (Å²) in [6, 6.07) is 21.8. The summed E-state index contributed by atoms with van der Waals surface area (Å²) in [4.78, 5) is 30.6. The summed E-state index contributed by atoms with van der Waals surface area (Å²) < 4.78 is 1.57. The van der Waals surface area contributed by atoms with Gasteiger partial charge in [0, 0.05) is 5.69 Å². The predicted octanol–water partition coefficient (Wildman–Crippen LogP) is 4.61. The highest BCUT2D eigenvalue weighted by Gasteiger charge is 2.16. The van der Waals surface area contributed by atoms with E-state index in [9.17, 15) is 9.59 Å². The number of rotatable bonds is 5. The molecule has 0 bridgehead atoms. The standard InChI is InChI=1S/C25H20N4O2S/c1-16-10-11-22(17(2)12-16)29-24(31)20-8-3-4-9-21(20)28-25(29)32-15-23(30)27-19-7-5-6-18(13-19)14-26/h3-13H,15H2,1-2H3,(H,27,30). The predicted molar refractivity (Wildman–Crippen MR) is 127 cm³/mol. The lowest BCUT2D eigenvalue weighted by molar-refractivity contribution is -0.113. The molecule has 0 saturated carbocycles. The molecule has 0 spiro atoms. The average Bonchev–Trinajstić information content (AvgIpc) is 2.79. The van der Waals surface area contributed by atoms with Crippen LogP contribution in [0.5, 0.6) is 0 Å². The Kier molecular flexibility index (Phi) is 6.06. The quantitative estimate of drug-likeness (QED) is 0.362. The SMILES string of the molecule is Cc1ccc(-n2c(SCC(=O)Nc3cccc(C#N)c3)nc3ccccc3c2=O)c(C)c1. The van der Waals surface area contributed by atoms with Crippen LogP contribution in [0.3, 0.4) is 0 Å². The van der Waals surface area contributed by atoms with E-state index in [0.717, 1.165) is 16.8 Å². The highest BCUT2D eigenvalue weighted by atomic mass is 32.2. The number of aryl methyl sites for hydroxylation is 2. The maximum Gasteiger partial charge on any atom is 0.266 e. The van der Waals surface area contributed by atoms with E-state index in [1.165, 1.54) is 11.8 Å². The van der Waals surface area contributed by atoms with Crippen LogP contribution in [0.2, 0.25) is 0 Å². The van der Waals surface area contributed by atoms with Crippen molar-refractivity contribution in [1.82, 2.24) is 9.55 Å². The van der Waals surface area contributed by atoms with Gasteiger partial charge in [-0.1, -0.05) is 47.7 Å². The van der Waals surface area contributed by atoms with Gasteiger partial charge in [0.2, 0.25) is 5.91 Å². The van der Waals surface area contributed by atoms with E-state index in [4.69, 9.17) is 5.26 Å². The van der Waals surface area contributed by atoms with Gasteiger partial charge in [0.1, 0.15) is 0 Å². The van der Waals surface area contributed by atoms with Crippen molar-refractivity contribution in [2.45, 2.75) is 19.0 Å². The van der Waals surface area contributed by atoms with Gasteiger partial charge in [-0.3, -0.25) is 14.2 Å². The number of aromatic nitrogens is 2. The van der Waals surface area contributed by atoms with Crippen molar-refractivity contribution < 1.29 is 4.79 Å². The van der Waals surface area contributed by atoms with Crippen molar-refractivity contribution in [2.24, 2.45) is 0 Å². The van der Waals surface area contributed by atoms with Gasteiger partial charge in [-0.05, 0) is 55.8 Å². The Balaban J connectivity index is 1.69. The first-order chi connectivity index (χ1) is 15.5. The number of hydrogen-bond donors (Lipinski definition) is 1. The van der Waals surface area contributed by atoms with Crippen molar-refractivity contribution >= 4 is 34.3 Å². The van der Waals surface area contributed by atoms with Gasteiger partial charge in [-0.25, -0.2) is 4.98 Å². The second-order valence-electron chi connectivity index (χ2n) is 7.37. The van der Waals surface area contributed by atoms with Crippen LogP contribution in [0.25, 0.3) is 16.6 Å². The van der Waals surface area contributed by atoms with Crippen LogP contribution >= 0.6 is 11.8 Å². The second kappa shape index (κ2) is 9.08. The molecular formula is C25H20N4O2S. The summed E-state index contributed by atoms with van der Waals surface area (Å²) in [6.07, 6.45) is 0. The van der Waals surface area contributed by atoms with Crippen molar-refractivity contribution in [3.63, 3.8) is 0 Å². The number of anilines is 1. The number of nitriles is 1. The number of hydrogen-bond acceptors (Lipinski definition) is 5. The molecule has 0 fully saturated rings. The minimum atomic E-state index is -0.250. The van der Waals surface area contributed by atoms with Crippen LogP contribution in [0.15, 0.2) is 76.7 Å². The van der Waals surface area contributed by atoms with Gasteiger partial charge in [0.05, 0.1) is 34.0 Å². The molecule has 7 heteroatoms. The Labute approximate surface area is 189 Å². The molecule has 0 radical (unpaired) electrons. The Hall–Kier alpha value is -3.89. The number of nitrogens with zero attached hydrogens (tertiary/aromatic N) is 3. The molecule has 6 nitrogen and oxygen atoms in total. The van der Waals surface area contributed by atoms with Gasteiger partial charge in [0.25, 0.3) is 5.56 Å². The summed E-state index contributed by atoms with van der Waals surface area (Å²) >= 11 is 1.20. The lowest BCUT2D eigenvalue weighted by atomic mass is 10.1. The topological polar surface area (TPSA) is 87.8 Å². The molecule has 1 aromatic heterocycles. The Bertz CT molecular complexity index is 1440. The number of para-hydroxylation sites is 1. The highest BCUT2D eigenvalue weighted by Crippen LogP contribution is 2.24. The van der Waals surface area contributed by atoms with Gasteiger partial charge in [0.15, 0.2) is 5.16 Å². The van der Waals surface area contributed by atoms with E-state index in [1.54, 1.807) is 41.0 Å². The third-order valence-corrected chi connectivity index (χ3v) is 5.88. The summed E-state index contributed by atoms with van der Waals surface area (Å²) in [7, 11) is 0. The number of thioether (sulfide) groups is 1. The fourth-order valence-electron chi connectivity index (χ4n) is 3.47. The third kappa shape index (κ3) is 4.41. The number of benzene rings is 3. The number of carbonyl (C=O) groups excluding carboxylic acids is 1. The zero-order valence-electron chi connectivity index (χ0n) is 17.6. The van der Waals surface area contributed by atoms with Crippen LogP contribution < -0.4 is 10.9 Å². The van der Waals surface area contributed by atoms with E-state index in [1.807, 2.05) is 44.2 Å². The minimum Gasteiger partial charge on any atom is -0.325 e. The zero-order valence-corrected chi connectivity index (χ0v) is 18.4. The summed E-state index contributed by atoms with van der Waals surface area (Å²) in [6.45, 7) is 3.95. The number of fused-ring (bicyclic) bond motifs is 1. The van der Waals surface area contributed by atoms with Crippen LogP contribution in [0.4, 0.5) is 5.69 Å². The molecule has 1 heterocycles. The van der Waals surface area contributed by atoms with Crippen molar-refractivity contribution in [3.8, 4) is 11.8 Å². The zero-order chi connectivity index (χ0) is 22.7. The molecule has 0 aliphatic carbocycles. The normalized spacial score (nSPS) is 10.7. The molecule has 0 unspecified atom stereocenters. The molecule has 0 aliphatic heterocycles. The monoisotopic (exact) mass is 440 g/mol. The highest BCUT2D eigenvalue weighted by molar-refractivity contribution is 7.99. The van der Waals surface area contributed by atoms with Crippen molar-refractivity contribution in [1.29, 1.82) is 5.26 Å². The number of nitrogens with one attached hydrogen (secondary N) is 1. The first kappa shape index (κ1) is 21.3. The van der Waals surface area contributed by atoms with Crippen LogP contribution in [0, 0.1) is 25.2 Å². The average molecular weight is 441 g/mol. The Morgan fingerprint density at radius 3 is 2.69 bits per heavy atom. The largest absolute Gasteiger partial charge is 0.325 e. The fraction of sp³-hybridized carbons (Fsp3) is 0.120.